The lowest BCUT2D eigenvalue weighted by Gasteiger charge is -2.39. The van der Waals surface area contributed by atoms with Gasteiger partial charge in [-0.3, -0.25) is 0 Å². The predicted molar refractivity (Wildman–Crippen MR) is 86.8 cm³/mol. The summed E-state index contributed by atoms with van der Waals surface area (Å²) in [5.41, 5.74) is 4.33. The predicted octanol–water partition coefficient (Wildman–Crippen LogP) is 2.97. The molecule has 20 heavy (non-hydrogen) atoms. The first kappa shape index (κ1) is 13.7. The van der Waals surface area contributed by atoms with Gasteiger partial charge in [-0.05, 0) is 49.9 Å². The van der Waals surface area contributed by atoms with Crippen LogP contribution in [0.4, 0.5) is 11.4 Å². The van der Waals surface area contributed by atoms with Gasteiger partial charge in [-0.2, -0.15) is 0 Å². The minimum Gasteiger partial charge on any atom is -0.385 e. The number of benzene rings is 1. The molecule has 3 heteroatoms. The zero-order valence-corrected chi connectivity index (χ0v) is 12.9. The van der Waals surface area contributed by atoms with E-state index in [1.807, 2.05) is 0 Å². The number of hydrogen-bond acceptors (Lipinski definition) is 3. The normalized spacial score (nSPS) is 20.3. The van der Waals surface area contributed by atoms with E-state index in [0.29, 0.717) is 6.04 Å². The number of nitrogens with zero attached hydrogens (tertiary/aromatic N) is 2. The fourth-order valence-corrected chi connectivity index (χ4v) is 3.64. The molecular weight excluding hydrogens is 246 g/mol. The smallest absolute Gasteiger partial charge is 0.0419 e. The molecule has 110 valence electrons. The molecule has 3 rings (SSSR count). The largest absolute Gasteiger partial charge is 0.385 e. The lowest BCUT2D eigenvalue weighted by Crippen LogP contribution is -2.43. The van der Waals surface area contributed by atoms with Crippen molar-refractivity contribution in [2.24, 2.45) is 0 Å². The number of hydrogen-bond donors (Lipinski definition) is 1. The maximum Gasteiger partial charge on any atom is 0.0419 e. The SMILES string of the molecule is CCN1CCC(N(C)c2cccc3c2CCCN3)CC1. The van der Waals surface area contributed by atoms with Gasteiger partial charge < -0.3 is 15.1 Å². The van der Waals surface area contributed by atoms with Crippen LogP contribution in [-0.2, 0) is 6.42 Å². The molecule has 2 heterocycles. The summed E-state index contributed by atoms with van der Waals surface area (Å²) < 4.78 is 0. The highest BCUT2D eigenvalue weighted by atomic mass is 15.2. The fourth-order valence-electron chi connectivity index (χ4n) is 3.64. The Labute approximate surface area is 123 Å². The standard InChI is InChI=1S/C17H27N3/c1-3-20-12-9-14(10-13-20)19(2)17-8-4-7-16-15(17)6-5-11-18-16/h4,7-8,14,18H,3,5-6,9-13H2,1-2H3. The van der Waals surface area contributed by atoms with Crippen LogP contribution in [0.2, 0.25) is 0 Å². The lowest BCUT2D eigenvalue weighted by atomic mass is 9.97. The van der Waals surface area contributed by atoms with Crippen LogP contribution in [0, 0.1) is 0 Å². The van der Waals surface area contributed by atoms with Crippen LogP contribution in [0.5, 0.6) is 0 Å². The van der Waals surface area contributed by atoms with Crippen LogP contribution in [0.25, 0.3) is 0 Å². The van der Waals surface area contributed by atoms with Crippen molar-refractivity contribution in [2.75, 3.05) is 43.4 Å². The molecular formula is C17H27N3. The molecule has 1 aromatic carbocycles. The highest BCUT2D eigenvalue weighted by molar-refractivity contribution is 5.68. The number of nitrogens with one attached hydrogen (secondary N) is 1. The van der Waals surface area contributed by atoms with Crippen molar-refractivity contribution >= 4 is 11.4 Å². The highest BCUT2D eigenvalue weighted by Crippen LogP contribution is 2.33. The second kappa shape index (κ2) is 6.04. The minimum atomic E-state index is 0.700. The Morgan fingerprint density at radius 3 is 2.85 bits per heavy atom. The number of fused-ring (bicyclic) bond motifs is 1. The Morgan fingerprint density at radius 2 is 2.10 bits per heavy atom. The van der Waals surface area contributed by atoms with Crippen LogP contribution in [0.15, 0.2) is 18.2 Å². The summed E-state index contributed by atoms with van der Waals surface area (Å²) in [7, 11) is 2.29. The average molecular weight is 273 g/mol. The van der Waals surface area contributed by atoms with Gasteiger partial charge >= 0.3 is 0 Å². The molecule has 0 amide bonds. The third-order valence-corrected chi connectivity index (χ3v) is 5.00. The van der Waals surface area contributed by atoms with Crippen LogP contribution in [0.3, 0.4) is 0 Å². The lowest BCUT2D eigenvalue weighted by molar-refractivity contribution is 0.221. The van der Waals surface area contributed by atoms with E-state index in [4.69, 9.17) is 0 Å². The first-order chi connectivity index (χ1) is 9.79. The monoisotopic (exact) mass is 273 g/mol. The Hall–Kier alpha value is -1.22. The summed E-state index contributed by atoms with van der Waals surface area (Å²) in [6.07, 6.45) is 5.06. The van der Waals surface area contributed by atoms with Crippen LogP contribution < -0.4 is 10.2 Å². The van der Waals surface area contributed by atoms with Gasteiger partial charge in [0.05, 0.1) is 0 Å². The van der Waals surface area contributed by atoms with Crippen LogP contribution >= 0.6 is 0 Å². The van der Waals surface area contributed by atoms with Gasteiger partial charge in [0.25, 0.3) is 0 Å². The number of likely N-dealkylation sites (tertiary alicyclic amines) is 1. The summed E-state index contributed by atoms with van der Waals surface area (Å²) in [6.45, 7) is 7.08. The van der Waals surface area contributed by atoms with Crippen LogP contribution in [-0.4, -0.2) is 44.2 Å². The molecule has 1 aromatic rings. The van der Waals surface area contributed by atoms with E-state index in [0.717, 1.165) is 6.54 Å². The van der Waals surface area contributed by atoms with Gasteiger partial charge in [-0.1, -0.05) is 13.0 Å². The van der Waals surface area contributed by atoms with Crippen molar-refractivity contribution in [1.82, 2.24) is 4.90 Å². The molecule has 1 N–H and O–H groups in total. The Kier molecular flexibility index (Phi) is 4.16. The molecule has 2 aliphatic heterocycles. The first-order valence-electron chi connectivity index (χ1n) is 8.10. The fraction of sp³-hybridized carbons (Fsp3) is 0.647. The molecule has 0 atom stereocenters. The third kappa shape index (κ3) is 2.64. The van der Waals surface area contributed by atoms with E-state index < -0.39 is 0 Å². The molecule has 3 nitrogen and oxygen atoms in total. The topological polar surface area (TPSA) is 18.5 Å². The van der Waals surface area contributed by atoms with Crippen molar-refractivity contribution in [3.8, 4) is 0 Å². The first-order valence-corrected chi connectivity index (χ1v) is 8.10. The molecule has 0 bridgehead atoms. The quantitative estimate of drug-likeness (QED) is 0.913. The van der Waals surface area contributed by atoms with Gasteiger partial charge in [0, 0.05) is 44.1 Å². The van der Waals surface area contributed by atoms with E-state index >= 15 is 0 Å². The van der Waals surface area contributed by atoms with Gasteiger partial charge in [0.1, 0.15) is 0 Å². The zero-order chi connectivity index (χ0) is 13.9. The van der Waals surface area contributed by atoms with Gasteiger partial charge in [0.15, 0.2) is 0 Å². The minimum absolute atomic E-state index is 0.700. The second-order valence-corrected chi connectivity index (χ2v) is 6.11. The number of rotatable bonds is 3. The van der Waals surface area contributed by atoms with Gasteiger partial charge in [-0.25, -0.2) is 0 Å². The van der Waals surface area contributed by atoms with Crippen molar-refractivity contribution in [3.63, 3.8) is 0 Å². The maximum atomic E-state index is 3.54. The molecule has 1 fully saturated rings. The number of anilines is 2. The summed E-state index contributed by atoms with van der Waals surface area (Å²) in [5.74, 6) is 0. The van der Waals surface area contributed by atoms with Crippen molar-refractivity contribution in [2.45, 2.75) is 38.6 Å². The van der Waals surface area contributed by atoms with Crippen LogP contribution in [0.1, 0.15) is 31.7 Å². The third-order valence-electron chi connectivity index (χ3n) is 5.00. The van der Waals surface area contributed by atoms with E-state index in [2.05, 4.69) is 47.3 Å². The van der Waals surface area contributed by atoms with Gasteiger partial charge in [-0.15, -0.1) is 0 Å². The van der Waals surface area contributed by atoms with Crippen molar-refractivity contribution in [3.05, 3.63) is 23.8 Å². The second-order valence-electron chi connectivity index (χ2n) is 6.11. The number of piperidine rings is 1. The molecule has 1 saturated heterocycles. The van der Waals surface area contributed by atoms with E-state index in [9.17, 15) is 0 Å². The summed E-state index contributed by atoms with van der Waals surface area (Å²) in [4.78, 5) is 5.10. The molecule has 0 aliphatic carbocycles. The Bertz CT molecular complexity index is 450. The molecule has 0 spiro atoms. The van der Waals surface area contributed by atoms with Gasteiger partial charge in [0.2, 0.25) is 0 Å². The molecule has 0 saturated carbocycles. The van der Waals surface area contributed by atoms with E-state index in [1.54, 1.807) is 0 Å². The molecule has 0 aromatic heterocycles. The summed E-state index contributed by atoms with van der Waals surface area (Å²) in [6, 6.07) is 7.43. The summed E-state index contributed by atoms with van der Waals surface area (Å²) >= 11 is 0. The molecule has 0 unspecified atom stereocenters. The zero-order valence-electron chi connectivity index (χ0n) is 12.9. The maximum absolute atomic E-state index is 3.54. The Morgan fingerprint density at radius 1 is 1.30 bits per heavy atom. The molecule has 2 aliphatic rings. The average Bonchev–Trinajstić information content (AvgIpc) is 2.54. The van der Waals surface area contributed by atoms with Crippen molar-refractivity contribution in [1.29, 1.82) is 0 Å². The van der Waals surface area contributed by atoms with E-state index in [1.165, 1.54) is 62.3 Å². The Balaban J connectivity index is 1.76. The van der Waals surface area contributed by atoms with E-state index in [-0.39, 0.29) is 0 Å². The highest BCUT2D eigenvalue weighted by Gasteiger charge is 2.24. The summed E-state index contributed by atoms with van der Waals surface area (Å²) in [5, 5.41) is 3.54. The molecule has 0 radical (unpaired) electrons. The van der Waals surface area contributed by atoms with Crippen molar-refractivity contribution < 1.29 is 0 Å².